The third-order valence-electron chi connectivity index (χ3n) is 5.59. The number of halogens is 3. The zero-order valence-corrected chi connectivity index (χ0v) is 28.9. The van der Waals surface area contributed by atoms with Gasteiger partial charge >= 0.3 is 5.97 Å². The maximum atomic E-state index is 12.5. The quantitative estimate of drug-likeness (QED) is 0.0549. The van der Waals surface area contributed by atoms with Crippen LogP contribution >= 0.6 is 8.58 Å². The second kappa shape index (κ2) is 31.8. The lowest BCUT2D eigenvalue weighted by molar-refractivity contribution is -0.107. The van der Waals surface area contributed by atoms with Gasteiger partial charge in [-0.05, 0) is 125 Å². The van der Waals surface area contributed by atoms with E-state index in [1.165, 1.54) is 72.8 Å². The number of aliphatic hydroxyl groups excluding tert-OH is 2. The van der Waals surface area contributed by atoms with Crippen LogP contribution in [0.15, 0.2) is 72.8 Å². The molecule has 0 amide bonds. The Kier molecular flexibility index (Phi) is 30.7. The van der Waals surface area contributed by atoms with Gasteiger partial charge in [-0.2, -0.15) is 0 Å². The summed E-state index contributed by atoms with van der Waals surface area (Å²) in [6.07, 6.45) is 4.51. The van der Waals surface area contributed by atoms with E-state index in [4.69, 9.17) is 20.7 Å². The normalized spacial score (nSPS) is 9.44. The van der Waals surface area contributed by atoms with E-state index in [9.17, 15) is 32.3 Å². The fraction of sp³-hybridized carbons (Fsp3) is 0.389. The van der Waals surface area contributed by atoms with Crippen molar-refractivity contribution in [3.63, 3.8) is 0 Å². The van der Waals surface area contributed by atoms with E-state index in [0.717, 1.165) is 21.3 Å². The van der Waals surface area contributed by atoms with Crippen LogP contribution in [0.5, 0.6) is 0 Å². The molecule has 0 unspecified atom stereocenters. The minimum atomic E-state index is -0.419. The van der Waals surface area contributed by atoms with Crippen molar-refractivity contribution in [2.75, 3.05) is 39.7 Å². The smallest absolute Gasteiger partial charge is 0.338 e. The summed E-state index contributed by atoms with van der Waals surface area (Å²) >= 11 is 0. The highest BCUT2D eigenvalue weighted by atomic mass is 31.1. The number of hydrogen-bond acceptors (Lipinski definition) is 8. The summed E-state index contributed by atoms with van der Waals surface area (Å²) in [5.41, 5.74) is 6.38. The van der Waals surface area contributed by atoms with E-state index in [0.29, 0.717) is 68.4 Å². The van der Waals surface area contributed by atoms with Gasteiger partial charge < -0.3 is 25.5 Å². The van der Waals surface area contributed by atoms with Crippen LogP contribution in [0.4, 0.5) is 13.2 Å². The number of ketones is 2. The van der Waals surface area contributed by atoms with Gasteiger partial charge in [-0.3, -0.25) is 9.59 Å². The summed E-state index contributed by atoms with van der Waals surface area (Å²) in [7, 11) is 1.08. The van der Waals surface area contributed by atoms with Crippen molar-refractivity contribution < 1.29 is 47.3 Å². The van der Waals surface area contributed by atoms with Crippen LogP contribution in [-0.2, 0) is 9.53 Å². The Hall–Kier alpha value is -3.76. The predicted octanol–water partition coefficient (Wildman–Crippen LogP) is 6.80. The van der Waals surface area contributed by atoms with Crippen LogP contribution in [0.25, 0.3) is 0 Å². The number of unbranched alkanes of at least 4 members (excludes halogenated alkanes) is 2. The van der Waals surface area contributed by atoms with E-state index in [1.807, 2.05) is 0 Å². The average molecular weight is 696 g/mol. The Bertz CT molecular complexity index is 1260. The third kappa shape index (κ3) is 25.3. The number of Topliss-reactive ketones (excluding diaryl/α,β-unsaturated/α-hetero) is 2. The van der Waals surface area contributed by atoms with Gasteiger partial charge in [-0.1, -0.05) is 0 Å². The molecular formula is C36H49F3NO7P. The van der Waals surface area contributed by atoms with Crippen LogP contribution in [0.2, 0.25) is 0 Å². The molecule has 0 heterocycles. The van der Waals surface area contributed by atoms with Crippen LogP contribution in [0, 0.1) is 17.5 Å². The summed E-state index contributed by atoms with van der Waals surface area (Å²) in [5, 5.41) is 16.5. The van der Waals surface area contributed by atoms with Gasteiger partial charge in [0.1, 0.15) is 23.7 Å². The molecule has 0 saturated carbocycles. The number of aldehydes is 1. The van der Waals surface area contributed by atoms with E-state index in [2.05, 4.69) is 13.3 Å². The molecule has 0 bridgehead atoms. The maximum absolute atomic E-state index is 12.5. The summed E-state index contributed by atoms with van der Waals surface area (Å²) in [6.45, 7) is 7.28. The van der Waals surface area contributed by atoms with Gasteiger partial charge in [-0.15, -0.1) is 8.58 Å². The molecule has 8 nitrogen and oxygen atoms in total. The van der Waals surface area contributed by atoms with Crippen molar-refractivity contribution in [2.45, 2.75) is 51.9 Å². The Morgan fingerprint density at radius 3 is 1.38 bits per heavy atom. The first-order valence-corrected chi connectivity index (χ1v) is 17.5. The first kappa shape index (κ1) is 46.4. The van der Waals surface area contributed by atoms with Crippen molar-refractivity contribution in [3.8, 4) is 0 Å². The van der Waals surface area contributed by atoms with Crippen molar-refractivity contribution in [2.24, 2.45) is 5.73 Å². The van der Waals surface area contributed by atoms with Crippen molar-refractivity contribution >= 4 is 32.4 Å². The molecule has 12 heteroatoms. The molecule has 3 aromatic rings. The zero-order chi connectivity index (χ0) is 36.6. The number of aliphatic hydroxyl groups is 2. The SMILES string of the molecule is CCOC(=O)c1ccc(F)cc1.CPC.NCCCO.O=C(CCCCO)c1ccc(F)cc1.O=CCCCC(=O)c1ccc(F)cc1. The highest BCUT2D eigenvalue weighted by Crippen LogP contribution is 2.09. The van der Waals surface area contributed by atoms with Crippen LogP contribution in [0.1, 0.15) is 82.9 Å². The van der Waals surface area contributed by atoms with E-state index >= 15 is 0 Å². The van der Waals surface area contributed by atoms with Crippen molar-refractivity contribution in [1.82, 2.24) is 0 Å². The van der Waals surface area contributed by atoms with E-state index < -0.39 is 5.97 Å². The topological polar surface area (TPSA) is 144 Å². The number of esters is 1. The van der Waals surface area contributed by atoms with Crippen LogP contribution in [0.3, 0.4) is 0 Å². The Labute approximate surface area is 283 Å². The minimum absolute atomic E-state index is 0.00144. The Morgan fingerprint density at radius 1 is 0.688 bits per heavy atom. The molecule has 3 rings (SSSR count). The minimum Gasteiger partial charge on any atom is -0.462 e. The average Bonchev–Trinajstić information content (AvgIpc) is 3.07. The number of hydrogen-bond donors (Lipinski definition) is 3. The molecule has 0 aromatic heterocycles. The summed E-state index contributed by atoms with van der Waals surface area (Å²) in [5.74, 6) is -1.52. The first-order chi connectivity index (χ1) is 23.0. The number of carbonyl (C=O) groups is 4. The van der Waals surface area contributed by atoms with E-state index in [-0.39, 0.29) is 42.2 Å². The van der Waals surface area contributed by atoms with Gasteiger partial charge in [0.25, 0.3) is 0 Å². The number of ether oxygens (including phenoxy) is 1. The number of nitrogens with two attached hydrogens (primary N) is 1. The molecule has 0 saturated heterocycles. The van der Waals surface area contributed by atoms with Gasteiger partial charge in [-0.25, -0.2) is 18.0 Å². The molecule has 3 aromatic carbocycles. The van der Waals surface area contributed by atoms with Crippen molar-refractivity contribution in [3.05, 3.63) is 107 Å². The first-order valence-electron chi connectivity index (χ1n) is 15.5. The molecule has 0 fully saturated rings. The molecule has 0 aliphatic heterocycles. The monoisotopic (exact) mass is 695 g/mol. The second-order valence-corrected chi connectivity index (χ2v) is 10.7. The lowest BCUT2D eigenvalue weighted by Gasteiger charge is -1.99. The number of benzene rings is 3. The number of carbonyl (C=O) groups excluding carboxylic acids is 4. The Morgan fingerprint density at radius 2 is 1.06 bits per heavy atom. The fourth-order valence-corrected chi connectivity index (χ4v) is 3.20. The zero-order valence-electron chi connectivity index (χ0n) is 27.9. The fourth-order valence-electron chi connectivity index (χ4n) is 3.20. The lowest BCUT2D eigenvalue weighted by atomic mass is 10.1. The van der Waals surface area contributed by atoms with E-state index in [1.54, 1.807) is 6.92 Å². The lowest BCUT2D eigenvalue weighted by Crippen LogP contribution is -2.03. The maximum Gasteiger partial charge on any atom is 0.338 e. The van der Waals surface area contributed by atoms with Crippen LogP contribution < -0.4 is 5.73 Å². The van der Waals surface area contributed by atoms with Crippen molar-refractivity contribution in [1.29, 1.82) is 0 Å². The summed E-state index contributed by atoms with van der Waals surface area (Å²) in [6, 6.07) is 16.2. The van der Waals surface area contributed by atoms with Gasteiger partial charge in [0, 0.05) is 43.6 Å². The molecule has 266 valence electrons. The molecule has 0 aliphatic carbocycles. The third-order valence-corrected chi connectivity index (χ3v) is 5.59. The molecule has 4 N–H and O–H groups in total. The highest BCUT2D eigenvalue weighted by molar-refractivity contribution is 7.35. The molecule has 48 heavy (non-hydrogen) atoms. The molecular weight excluding hydrogens is 646 g/mol. The largest absolute Gasteiger partial charge is 0.462 e. The number of rotatable bonds is 14. The molecule has 0 aliphatic rings. The Balaban J connectivity index is 0. The predicted molar refractivity (Wildman–Crippen MR) is 186 cm³/mol. The molecule has 0 atom stereocenters. The standard InChI is InChI=1S/C11H13FO2.C11H11FO2.C9H9FO2.C3H9NO.C2H7P/c2*12-10-6-4-9(5-7-10)11(14)3-1-2-8-13;1-2-12-9(11)7-3-5-8(10)6-4-7;4-2-1-3-5;1-3-2/h4-7,13H,1-3,8H2;4-8H,1-3H2;3-6H,2H2,1H3;5H,1-4H2;3H,1-2H3. The van der Waals surface area contributed by atoms with Gasteiger partial charge in [0.05, 0.1) is 12.2 Å². The summed E-state index contributed by atoms with van der Waals surface area (Å²) in [4.78, 5) is 43.8. The highest BCUT2D eigenvalue weighted by Gasteiger charge is 2.06. The van der Waals surface area contributed by atoms with Crippen LogP contribution in [-0.4, -0.2) is 73.7 Å². The molecule has 0 radical (unpaired) electrons. The van der Waals surface area contributed by atoms with Gasteiger partial charge in [0.2, 0.25) is 0 Å². The molecule has 0 spiro atoms. The second-order valence-electron chi connectivity index (χ2n) is 9.69. The van der Waals surface area contributed by atoms with Gasteiger partial charge in [0.15, 0.2) is 11.6 Å². The summed E-state index contributed by atoms with van der Waals surface area (Å²) < 4.78 is 42.1.